The first-order valence-corrected chi connectivity index (χ1v) is 13.0. The zero-order valence-electron chi connectivity index (χ0n) is 20.9. The van der Waals surface area contributed by atoms with E-state index in [9.17, 15) is 14.7 Å². The highest BCUT2D eigenvalue weighted by Crippen LogP contribution is 2.41. The zero-order valence-corrected chi connectivity index (χ0v) is 21.6. The Labute approximate surface area is 215 Å². The molecule has 0 radical (unpaired) electrons. The van der Waals surface area contributed by atoms with Crippen molar-refractivity contribution < 1.29 is 19.4 Å². The second-order valence-electron chi connectivity index (χ2n) is 10.1. The van der Waals surface area contributed by atoms with Crippen molar-refractivity contribution in [2.75, 3.05) is 12.0 Å². The van der Waals surface area contributed by atoms with Crippen molar-refractivity contribution in [3.8, 4) is 0 Å². The Morgan fingerprint density at radius 3 is 2.78 bits per heavy atom. The predicted octanol–water partition coefficient (Wildman–Crippen LogP) is 5.41. The molecule has 36 heavy (non-hydrogen) atoms. The first kappa shape index (κ1) is 24.6. The summed E-state index contributed by atoms with van der Waals surface area (Å²) < 4.78 is 9.16. The first-order chi connectivity index (χ1) is 17.3. The number of carboxylic acid groups (broad SMARTS) is 1. The maximum atomic E-state index is 12.6. The number of aliphatic carboxylic acids is 1. The SMILES string of the molecule is COC(=O)N1c2ccc3c(nc([C@H](C)Cn4cc(Cl)cn4)n3[C@@H]3CCC[C@@H](C(=O)O)C3)c2CC[C@@H]1C. The number of carboxylic acids is 1. The smallest absolute Gasteiger partial charge is 0.414 e. The number of benzene rings is 1. The number of anilines is 1. The van der Waals surface area contributed by atoms with Gasteiger partial charge in [0.2, 0.25) is 0 Å². The van der Waals surface area contributed by atoms with Gasteiger partial charge in [-0.15, -0.1) is 0 Å². The van der Waals surface area contributed by atoms with Crippen LogP contribution in [0.2, 0.25) is 5.02 Å². The molecule has 1 aliphatic heterocycles. The van der Waals surface area contributed by atoms with E-state index in [0.29, 0.717) is 24.4 Å². The minimum Gasteiger partial charge on any atom is -0.481 e. The van der Waals surface area contributed by atoms with E-state index >= 15 is 0 Å². The number of aryl methyl sites for hydroxylation is 1. The van der Waals surface area contributed by atoms with E-state index in [2.05, 4.69) is 16.6 Å². The Hall–Kier alpha value is -3.07. The quantitative estimate of drug-likeness (QED) is 0.489. The van der Waals surface area contributed by atoms with Crippen LogP contribution in [0.5, 0.6) is 0 Å². The number of rotatable bonds is 5. The molecule has 1 fully saturated rings. The molecule has 5 rings (SSSR count). The third kappa shape index (κ3) is 4.34. The van der Waals surface area contributed by atoms with E-state index in [1.54, 1.807) is 17.3 Å². The summed E-state index contributed by atoms with van der Waals surface area (Å²) in [5, 5.41) is 14.7. The number of carbonyl (C=O) groups is 2. The average Bonchev–Trinajstić information content (AvgIpc) is 3.46. The molecule has 0 bridgehead atoms. The minimum absolute atomic E-state index is 0.00782. The Kier molecular flexibility index (Phi) is 6.68. The van der Waals surface area contributed by atoms with Crippen LogP contribution in [-0.4, -0.2) is 49.7 Å². The van der Waals surface area contributed by atoms with Crippen LogP contribution < -0.4 is 4.90 Å². The fourth-order valence-corrected chi connectivity index (χ4v) is 6.10. The van der Waals surface area contributed by atoms with E-state index in [4.69, 9.17) is 21.3 Å². The summed E-state index contributed by atoms with van der Waals surface area (Å²) in [5.41, 5.74) is 3.74. The normalized spacial score (nSPS) is 22.9. The molecule has 2 aliphatic rings. The molecular formula is C26H32ClN5O4. The predicted molar refractivity (Wildman–Crippen MR) is 137 cm³/mol. The first-order valence-electron chi connectivity index (χ1n) is 12.6. The van der Waals surface area contributed by atoms with Crippen molar-refractivity contribution >= 4 is 40.4 Å². The van der Waals surface area contributed by atoms with Gasteiger partial charge in [-0.25, -0.2) is 9.78 Å². The molecule has 0 spiro atoms. The second-order valence-corrected chi connectivity index (χ2v) is 10.6. The topological polar surface area (TPSA) is 102 Å². The molecule has 4 atom stereocenters. The van der Waals surface area contributed by atoms with Crippen molar-refractivity contribution in [2.24, 2.45) is 5.92 Å². The van der Waals surface area contributed by atoms with E-state index in [-0.39, 0.29) is 30.0 Å². The van der Waals surface area contributed by atoms with Crippen LogP contribution in [0.3, 0.4) is 0 Å². The molecule has 3 heterocycles. The monoisotopic (exact) mass is 513 g/mol. The Morgan fingerprint density at radius 2 is 2.08 bits per heavy atom. The number of nitrogens with zero attached hydrogens (tertiary/aromatic N) is 5. The molecule has 0 saturated heterocycles. The van der Waals surface area contributed by atoms with Crippen LogP contribution in [0.4, 0.5) is 10.5 Å². The molecule has 1 saturated carbocycles. The van der Waals surface area contributed by atoms with E-state index < -0.39 is 5.97 Å². The standard InChI is InChI=1S/C26H32ClN5O4/c1-15(13-30-14-18(27)12-28-30)24-29-23-20-8-7-16(2)31(26(35)36-3)21(20)9-10-22(23)32(24)19-6-4-5-17(11-19)25(33)34/h9-10,12,14-17,19H,4-8,11,13H2,1-3H3,(H,33,34)/t15-,16+,17-,19-/m1/s1. The Morgan fingerprint density at radius 1 is 1.28 bits per heavy atom. The number of fused-ring (bicyclic) bond motifs is 3. The van der Waals surface area contributed by atoms with Crippen molar-refractivity contribution in [1.29, 1.82) is 0 Å². The van der Waals surface area contributed by atoms with Gasteiger partial charge in [0.1, 0.15) is 5.82 Å². The van der Waals surface area contributed by atoms with Crippen LogP contribution >= 0.6 is 11.6 Å². The van der Waals surface area contributed by atoms with Crippen LogP contribution in [-0.2, 0) is 22.5 Å². The maximum Gasteiger partial charge on any atom is 0.414 e. The number of imidazole rings is 1. The number of hydrogen-bond acceptors (Lipinski definition) is 5. The second kappa shape index (κ2) is 9.76. The molecule has 9 nitrogen and oxygen atoms in total. The van der Waals surface area contributed by atoms with Gasteiger partial charge in [0.05, 0.1) is 47.5 Å². The largest absolute Gasteiger partial charge is 0.481 e. The van der Waals surface area contributed by atoms with E-state index in [1.165, 1.54) is 7.11 Å². The molecule has 1 aromatic carbocycles. The van der Waals surface area contributed by atoms with E-state index in [0.717, 1.165) is 53.8 Å². The van der Waals surface area contributed by atoms with Crippen LogP contribution in [0.1, 0.15) is 69.3 Å². The Bertz CT molecular complexity index is 1300. The van der Waals surface area contributed by atoms with Gasteiger partial charge in [-0.3, -0.25) is 14.4 Å². The summed E-state index contributed by atoms with van der Waals surface area (Å²) in [4.78, 5) is 31.4. The highest BCUT2D eigenvalue weighted by atomic mass is 35.5. The lowest BCUT2D eigenvalue weighted by Gasteiger charge is -2.34. The molecule has 1 aliphatic carbocycles. The van der Waals surface area contributed by atoms with Gasteiger partial charge in [-0.1, -0.05) is 24.9 Å². The van der Waals surface area contributed by atoms with Gasteiger partial charge in [-0.2, -0.15) is 5.10 Å². The molecule has 10 heteroatoms. The molecule has 1 amide bonds. The number of hydrogen-bond donors (Lipinski definition) is 1. The Balaban J connectivity index is 1.64. The van der Waals surface area contributed by atoms with Crippen molar-refractivity contribution in [1.82, 2.24) is 19.3 Å². The number of halogens is 1. The highest BCUT2D eigenvalue weighted by molar-refractivity contribution is 6.30. The third-order valence-electron chi connectivity index (χ3n) is 7.72. The summed E-state index contributed by atoms with van der Waals surface area (Å²) >= 11 is 6.09. The van der Waals surface area contributed by atoms with Crippen LogP contribution in [0.25, 0.3) is 11.0 Å². The fourth-order valence-electron chi connectivity index (χ4n) is 5.95. The number of aromatic nitrogens is 4. The van der Waals surface area contributed by atoms with Gasteiger partial charge in [0.15, 0.2) is 0 Å². The van der Waals surface area contributed by atoms with Gasteiger partial charge < -0.3 is 14.4 Å². The van der Waals surface area contributed by atoms with Crippen molar-refractivity contribution in [2.45, 2.75) is 76.9 Å². The van der Waals surface area contributed by atoms with Gasteiger partial charge in [0.25, 0.3) is 0 Å². The van der Waals surface area contributed by atoms with Crippen LogP contribution in [0, 0.1) is 5.92 Å². The summed E-state index contributed by atoms with van der Waals surface area (Å²) in [6.07, 6.45) is 7.72. The van der Waals surface area contributed by atoms with Gasteiger partial charge >= 0.3 is 12.1 Å². The third-order valence-corrected chi connectivity index (χ3v) is 7.91. The summed E-state index contributed by atoms with van der Waals surface area (Å²) in [7, 11) is 1.40. The van der Waals surface area contributed by atoms with Gasteiger partial charge in [-0.05, 0) is 51.2 Å². The minimum atomic E-state index is -0.731. The molecule has 1 N–H and O–H groups in total. The number of amides is 1. The lowest BCUT2D eigenvalue weighted by molar-refractivity contribution is -0.143. The summed E-state index contributed by atoms with van der Waals surface area (Å²) in [6.45, 7) is 4.73. The average molecular weight is 514 g/mol. The maximum absolute atomic E-state index is 12.6. The molecule has 0 unspecified atom stereocenters. The summed E-state index contributed by atoms with van der Waals surface area (Å²) in [5.74, 6) is -0.176. The lowest BCUT2D eigenvalue weighted by Crippen LogP contribution is -2.42. The fraction of sp³-hybridized carbons (Fsp3) is 0.538. The van der Waals surface area contributed by atoms with Gasteiger partial charge in [0, 0.05) is 29.8 Å². The number of ether oxygens (including phenoxy) is 1. The summed E-state index contributed by atoms with van der Waals surface area (Å²) in [6, 6.07) is 4.09. The number of carbonyl (C=O) groups excluding carboxylic acids is 1. The molecule has 3 aromatic rings. The lowest BCUT2D eigenvalue weighted by atomic mass is 9.85. The van der Waals surface area contributed by atoms with E-state index in [1.807, 2.05) is 23.7 Å². The number of methoxy groups -OCH3 is 1. The highest BCUT2D eigenvalue weighted by Gasteiger charge is 2.35. The molecule has 2 aromatic heterocycles. The molecular weight excluding hydrogens is 482 g/mol. The van der Waals surface area contributed by atoms with Crippen molar-refractivity contribution in [3.05, 3.63) is 40.9 Å². The molecule has 192 valence electrons. The van der Waals surface area contributed by atoms with Crippen molar-refractivity contribution in [3.63, 3.8) is 0 Å². The zero-order chi connectivity index (χ0) is 25.6. The van der Waals surface area contributed by atoms with Crippen LogP contribution in [0.15, 0.2) is 24.5 Å².